The summed E-state index contributed by atoms with van der Waals surface area (Å²) < 4.78 is 24.0. The molecule has 0 aliphatic heterocycles. The van der Waals surface area contributed by atoms with E-state index < -0.39 is 17.3 Å². The minimum atomic E-state index is -0.837. The van der Waals surface area contributed by atoms with Gasteiger partial charge in [-0.25, -0.2) is 9.18 Å². The van der Waals surface area contributed by atoms with Crippen LogP contribution in [0.25, 0.3) is 11.8 Å². The second kappa shape index (κ2) is 9.37. The Hall–Kier alpha value is -4.45. The van der Waals surface area contributed by atoms with Gasteiger partial charge in [0.15, 0.2) is 5.69 Å². The summed E-state index contributed by atoms with van der Waals surface area (Å²) in [5, 5.41) is 16.6. The van der Waals surface area contributed by atoms with E-state index in [2.05, 4.69) is 10.4 Å². The summed E-state index contributed by atoms with van der Waals surface area (Å²) in [6.07, 6.45) is 2.85. The Balaban J connectivity index is 2.06. The molecule has 0 bridgehead atoms. The lowest BCUT2D eigenvalue weighted by Gasteiger charge is -2.11. The van der Waals surface area contributed by atoms with Gasteiger partial charge in [0, 0.05) is 17.5 Å². The molecule has 9 heteroatoms. The lowest BCUT2D eigenvalue weighted by Crippen LogP contribution is -2.28. The van der Waals surface area contributed by atoms with E-state index in [9.17, 15) is 19.2 Å². The standard InChI is InChI=1S/C22H17FN4O4/c1-30-17-9-5-15(6-10-17)25-12-11-18-19(13-24)21(28)27(26-20(18)22(29)31-2)16-7-3-14(23)4-8-16/h3-12,25H,1-2H3/b12-11+. The third kappa shape index (κ3) is 4.59. The molecule has 0 saturated carbocycles. The van der Waals surface area contributed by atoms with Gasteiger partial charge in [-0.1, -0.05) is 0 Å². The summed E-state index contributed by atoms with van der Waals surface area (Å²) in [6, 6.07) is 13.8. The van der Waals surface area contributed by atoms with Crippen molar-refractivity contribution in [1.82, 2.24) is 9.78 Å². The van der Waals surface area contributed by atoms with Gasteiger partial charge in [-0.2, -0.15) is 15.0 Å². The Morgan fingerprint density at radius 1 is 1.16 bits per heavy atom. The van der Waals surface area contributed by atoms with Crippen LogP contribution >= 0.6 is 0 Å². The van der Waals surface area contributed by atoms with Crippen LogP contribution in [-0.4, -0.2) is 30.0 Å². The second-order valence-corrected chi connectivity index (χ2v) is 6.14. The molecule has 0 spiro atoms. The SMILES string of the molecule is COC(=O)c1nn(-c2ccc(F)cc2)c(=O)c(C#N)c1/C=C/Nc1ccc(OC)cc1. The summed E-state index contributed by atoms with van der Waals surface area (Å²) in [4.78, 5) is 25.2. The molecule has 1 aromatic heterocycles. The predicted octanol–water partition coefficient (Wildman–Crippen LogP) is 3.12. The van der Waals surface area contributed by atoms with E-state index in [0.29, 0.717) is 11.4 Å². The van der Waals surface area contributed by atoms with Crippen LogP contribution in [0, 0.1) is 17.1 Å². The zero-order chi connectivity index (χ0) is 22.4. The van der Waals surface area contributed by atoms with Crippen LogP contribution in [0.2, 0.25) is 0 Å². The number of nitrogens with one attached hydrogen (secondary N) is 1. The van der Waals surface area contributed by atoms with Gasteiger partial charge in [0.1, 0.15) is 23.2 Å². The van der Waals surface area contributed by atoms with E-state index >= 15 is 0 Å². The number of methoxy groups -OCH3 is 2. The number of rotatable bonds is 6. The molecule has 0 aliphatic carbocycles. The minimum absolute atomic E-state index is 0.00118. The summed E-state index contributed by atoms with van der Waals surface area (Å²) in [5.41, 5.74) is -0.407. The van der Waals surface area contributed by atoms with Crippen LogP contribution in [0.15, 0.2) is 59.5 Å². The van der Waals surface area contributed by atoms with Gasteiger partial charge in [0.2, 0.25) is 0 Å². The number of anilines is 1. The highest BCUT2D eigenvalue weighted by atomic mass is 19.1. The van der Waals surface area contributed by atoms with Gasteiger partial charge in [-0.05, 0) is 54.6 Å². The monoisotopic (exact) mass is 420 g/mol. The Labute approximate surface area is 176 Å². The van der Waals surface area contributed by atoms with Gasteiger partial charge in [0.25, 0.3) is 5.56 Å². The number of carbonyl (C=O) groups is 1. The smallest absolute Gasteiger partial charge is 0.359 e. The molecule has 3 rings (SSSR count). The van der Waals surface area contributed by atoms with E-state index in [0.717, 1.165) is 23.9 Å². The maximum absolute atomic E-state index is 13.2. The van der Waals surface area contributed by atoms with Crippen LogP contribution < -0.4 is 15.6 Å². The molecule has 0 radical (unpaired) electrons. The molecule has 0 amide bonds. The molecular weight excluding hydrogens is 403 g/mol. The number of hydrogen-bond acceptors (Lipinski definition) is 7. The number of benzene rings is 2. The van der Waals surface area contributed by atoms with E-state index in [-0.39, 0.29) is 22.5 Å². The Morgan fingerprint density at radius 3 is 2.42 bits per heavy atom. The molecule has 3 aromatic rings. The molecule has 31 heavy (non-hydrogen) atoms. The molecule has 0 fully saturated rings. The summed E-state index contributed by atoms with van der Waals surface area (Å²) in [6.45, 7) is 0. The zero-order valence-corrected chi connectivity index (χ0v) is 16.6. The van der Waals surface area contributed by atoms with Crippen molar-refractivity contribution < 1.29 is 18.7 Å². The first kappa shape index (κ1) is 21.3. The summed E-state index contributed by atoms with van der Waals surface area (Å²) in [5.74, 6) is -0.658. The van der Waals surface area contributed by atoms with Crippen molar-refractivity contribution in [2.24, 2.45) is 0 Å². The van der Waals surface area contributed by atoms with Crippen molar-refractivity contribution in [2.45, 2.75) is 0 Å². The second-order valence-electron chi connectivity index (χ2n) is 6.14. The molecule has 2 aromatic carbocycles. The Morgan fingerprint density at radius 2 is 1.84 bits per heavy atom. The first-order valence-electron chi connectivity index (χ1n) is 8.97. The van der Waals surface area contributed by atoms with Crippen LogP contribution in [0.3, 0.4) is 0 Å². The van der Waals surface area contributed by atoms with E-state index in [4.69, 9.17) is 9.47 Å². The number of hydrogen-bond donors (Lipinski definition) is 1. The summed E-state index contributed by atoms with van der Waals surface area (Å²) >= 11 is 0. The van der Waals surface area contributed by atoms with Gasteiger partial charge >= 0.3 is 5.97 Å². The molecule has 1 N–H and O–H groups in total. The van der Waals surface area contributed by atoms with Gasteiger partial charge < -0.3 is 14.8 Å². The molecule has 0 aliphatic rings. The molecule has 156 valence electrons. The van der Waals surface area contributed by atoms with E-state index in [1.54, 1.807) is 31.4 Å². The highest BCUT2D eigenvalue weighted by Gasteiger charge is 2.22. The van der Waals surface area contributed by atoms with Gasteiger partial charge in [-0.3, -0.25) is 4.79 Å². The molecule has 0 unspecified atom stereocenters. The highest BCUT2D eigenvalue weighted by Crippen LogP contribution is 2.17. The van der Waals surface area contributed by atoms with E-state index in [1.807, 2.05) is 6.07 Å². The maximum Gasteiger partial charge on any atom is 0.359 e. The van der Waals surface area contributed by atoms with Gasteiger partial charge in [-0.15, -0.1) is 0 Å². The number of carbonyl (C=O) groups excluding carboxylic acids is 1. The van der Waals surface area contributed by atoms with Gasteiger partial charge in [0.05, 0.1) is 19.9 Å². The minimum Gasteiger partial charge on any atom is -0.497 e. The van der Waals surface area contributed by atoms with Crippen molar-refractivity contribution in [2.75, 3.05) is 19.5 Å². The fourth-order valence-electron chi connectivity index (χ4n) is 2.72. The third-order valence-corrected chi connectivity index (χ3v) is 4.28. The van der Waals surface area contributed by atoms with Crippen LogP contribution in [0.1, 0.15) is 21.6 Å². The molecular formula is C22H17FN4O4. The largest absolute Gasteiger partial charge is 0.497 e. The van der Waals surface area contributed by atoms with Crippen molar-refractivity contribution in [3.8, 4) is 17.5 Å². The Kier molecular flexibility index (Phi) is 6.42. The fourth-order valence-corrected chi connectivity index (χ4v) is 2.72. The lowest BCUT2D eigenvalue weighted by molar-refractivity contribution is 0.0591. The average Bonchev–Trinajstić information content (AvgIpc) is 2.80. The Bertz CT molecular complexity index is 1230. The predicted molar refractivity (Wildman–Crippen MR) is 111 cm³/mol. The quantitative estimate of drug-likeness (QED) is 0.611. The lowest BCUT2D eigenvalue weighted by atomic mass is 10.1. The first-order valence-corrected chi connectivity index (χ1v) is 8.97. The van der Waals surface area contributed by atoms with Crippen molar-refractivity contribution >= 4 is 17.7 Å². The molecule has 1 heterocycles. The average molecular weight is 420 g/mol. The van der Waals surface area contributed by atoms with Crippen LogP contribution in [0.4, 0.5) is 10.1 Å². The number of aromatic nitrogens is 2. The molecule has 8 nitrogen and oxygen atoms in total. The van der Waals surface area contributed by atoms with Crippen molar-refractivity contribution in [1.29, 1.82) is 5.26 Å². The maximum atomic E-state index is 13.2. The number of ether oxygens (including phenoxy) is 2. The van der Waals surface area contributed by atoms with Crippen LogP contribution in [0.5, 0.6) is 5.75 Å². The number of halogens is 1. The van der Waals surface area contributed by atoms with Crippen molar-refractivity contribution in [3.05, 3.63) is 87.7 Å². The highest BCUT2D eigenvalue weighted by molar-refractivity contribution is 5.92. The number of esters is 1. The van der Waals surface area contributed by atoms with Crippen molar-refractivity contribution in [3.63, 3.8) is 0 Å². The number of nitriles is 1. The molecule has 0 atom stereocenters. The van der Waals surface area contributed by atoms with E-state index in [1.165, 1.54) is 24.4 Å². The number of nitrogens with zero attached hydrogens (tertiary/aromatic N) is 3. The zero-order valence-electron chi connectivity index (χ0n) is 16.6. The third-order valence-electron chi connectivity index (χ3n) is 4.28. The normalized spacial score (nSPS) is 10.5. The fraction of sp³-hybridized carbons (Fsp3) is 0.0909. The molecule has 0 saturated heterocycles. The topological polar surface area (TPSA) is 106 Å². The first-order chi connectivity index (χ1) is 15.0. The van der Waals surface area contributed by atoms with Crippen LogP contribution in [-0.2, 0) is 4.74 Å². The summed E-state index contributed by atoms with van der Waals surface area (Å²) in [7, 11) is 2.72.